The molecule has 1 atom stereocenters. The van der Waals surface area contributed by atoms with E-state index in [-0.39, 0.29) is 17.5 Å². The first-order valence-corrected chi connectivity index (χ1v) is 8.29. The molecule has 0 saturated heterocycles. The van der Waals surface area contributed by atoms with E-state index >= 15 is 0 Å². The van der Waals surface area contributed by atoms with Crippen LogP contribution in [0, 0.1) is 0 Å². The second-order valence-electron chi connectivity index (χ2n) is 6.23. The summed E-state index contributed by atoms with van der Waals surface area (Å²) in [6.07, 6.45) is 0.766. The molecule has 0 spiro atoms. The summed E-state index contributed by atoms with van der Waals surface area (Å²) < 4.78 is 5.82. The van der Waals surface area contributed by atoms with Gasteiger partial charge < -0.3 is 20.3 Å². The molecular weight excluding hydrogens is 314 g/mol. The van der Waals surface area contributed by atoms with Crippen molar-refractivity contribution in [3.8, 4) is 23.0 Å². The van der Waals surface area contributed by atoms with Crippen LogP contribution in [0.4, 0.5) is 0 Å². The van der Waals surface area contributed by atoms with E-state index in [0.717, 1.165) is 29.0 Å². The molecule has 126 valence electrons. The van der Waals surface area contributed by atoms with Crippen molar-refractivity contribution in [3.05, 3.63) is 83.4 Å². The van der Waals surface area contributed by atoms with Crippen LogP contribution in [0.3, 0.4) is 0 Å². The average molecular weight is 333 g/mol. The first kappa shape index (κ1) is 15.5. The van der Waals surface area contributed by atoms with Gasteiger partial charge in [0.25, 0.3) is 0 Å². The van der Waals surface area contributed by atoms with Crippen LogP contribution in [0.25, 0.3) is 0 Å². The largest absolute Gasteiger partial charge is 0.504 e. The molecule has 3 N–H and O–H groups in total. The Morgan fingerprint density at radius 2 is 1.44 bits per heavy atom. The fourth-order valence-corrected chi connectivity index (χ4v) is 3.17. The van der Waals surface area contributed by atoms with E-state index in [1.165, 1.54) is 5.56 Å². The normalized spacial score (nSPS) is 16.2. The number of aromatic hydroxyl groups is 2. The molecule has 25 heavy (non-hydrogen) atoms. The number of fused-ring (bicyclic) bond motifs is 1. The summed E-state index contributed by atoms with van der Waals surface area (Å²) in [7, 11) is 0. The Balaban J connectivity index is 1.50. The van der Waals surface area contributed by atoms with Crippen LogP contribution >= 0.6 is 0 Å². The van der Waals surface area contributed by atoms with E-state index in [1.54, 1.807) is 12.1 Å². The minimum Gasteiger partial charge on any atom is -0.504 e. The summed E-state index contributed by atoms with van der Waals surface area (Å²) >= 11 is 0. The van der Waals surface area contributed by atoms with Crippen molar-refractivity contribution in [3.63, 3.8) is 0 Å². The van der Waals surface area contributed by atoms with E-state index in [1.807, 2.05) is 42.5 Å². The maximum absolute atomic E-state index is 9.72. The van der Waals surface area contributed by atoms with Crippen molar-refractivity contribution in [1.29, 1.82) is 0 Å². The van der Waals surface area contributed by atoms with Gasteiger partial charge in [-0.05, 0) is 59.5 Å². The van der Waals surface area contributed by atoms with Gasteiger partial charge in [0, 0.05) is 12.6 Å². The molecule has 0 saturated carbocycles. The number of phenols is 2. The molecule has 3 aromatic carbocycles. The Morgan fingerprint density at radius 3 is 2.16 bits per heavy atom. The van der Waals surface area contributed by atoms with E-state index in [0.29, 0.717) is 6.54 Å². The number of para-hydroxylation sites is 1. The Kier molecular flexibility index (Phi) is 4.04. The number of benzene rings is 3. The summed E-state index contributed by atoms with van der Waals surface area (Å²) in [5.41, 5.74) is 3.25. The number of nitrogens with one attached hydrogen (secondary N) is 1. The molecule has 1 unspecified atom stereocenters. The van der Waals surface area contributed by atoms with E-state index in [2.05, 4.69) is 17.4 Å². The first-order valence-electron chi connectivity index (χ1n) is 8.29. The zero-order valence-corrected chi connectivity index (χ0v) is 13.6. The minimum atomic E-state index is -0.0681. The number of rotatable bonds is 3. The van der Waals surface area contributed by atoms with Gasteiger partial charge in [-0.2, -0.15) is 0 Å². The molecule has 0 fully saturated rings. The zero-order valence-electron chi connectivity index (χ0n) is 13.6. The summed E-state index contributed by atoms with van der Waals surface area (Å²) in [5, 5.41) is 22.8. The molecule has 1 aliphatic heterocycles. The van der Waals surface area contributed by atoms with Crippen LogP contribution in [0.5, 0.6) is 23.0 Å². The predicted octanol–water partition coefficient (Wildman–Crippen LogP) is 4.28. The lowest BCUT2D eigenvalue weighted by Crippen LogP contribution is -2.28. The SMILES string of the molecule is Oc1cc2c(cc1O)CC(c1ccc(Oc3ccccc3)cc1)NC2. The topological polar surface area (TPSA) is 61.7 Å². The van der Waals surface area contributed by atoms with Crippen molar-refractivity contribution in [2.24, 2.45) is 0 Å². The van der Waals surface area contributed by atoms with Gasteiger partial charge in [0.05, 0.1) is 0 Å². The summed E-state index contributed by atoms with van der Waals surface area (Å²) in [6.45, 7) is 0.663. The maximum Gasteiger partial charge on any atom is 0.157 e. The van der Waals surface area contributed by atoms with Crippen LogP contribution in [0.1, 0.15) is 22.7 Å². The lowest BCUT2D eigenvalue weighted by Gasteiger charge is -2.27. The quantitative estimate of drug-likeness (QED) is 0.626. The Hall–Kier alpha value is -2.98. The Morgan fingerprint density at radius 1 is 0.800 bits per heavy atom. The molecule has 0 radical (unpaired) electrons. The lowest BCUT2D eigenvalue weighted by atomic mass is 9.91. The number of hydrogen-bond acceptors (Lipinski definition) is 4. The summed E-state index contributed by atoms with van der Waals surface area (Å²) in [4.78, 5) is 0. The molecule has 0 aliphatic carbocycles. The van der Waals surface area contributed by atoms with Gasteiger partial charge in [-0.25, -0.2) is 0 Å². The zero-order chi connectivity index (χ0) is 17.2. The second-order valence-corrected chi connectivity index (χ2v) is 6.23. The van der Waals surface area contributed by atoms with Crippen LogP contribution < -0.4 is 10.1 Å². The maximum atomic E-state index is 9.72. The third-order valence-corrected chi connectivity index (χ3v) is 4.52. The van der Waals surface area contributed by atoms with Crippen LogP contribution in [-0.4, -0.2) is 10.2 Å². The number of ether oxygens (including phenoxy) is 1. The van der Waals surface area contributed by atoms with Crippen LogP contribution in [0.2, 0.25) is 0 Å². The Bertz CT molecular complexity index is 876. The van der Waals surface area contributed by atoms with Crippen LogP contribution in [-0.2, 0) is 13.0 Å². The third-order valence-electron chi connectivity index (χ3n) is 4.52. The fraction of sp³-hybridized carbons (Fsp3) is 0.143. The molecule has 4 heteroatoms. The molecular formula is C21H19NO3. The van der Waals surface area contributed by atoms with Crippen molar-refractivity contribution in [2.75, 3.05) is 0 Å². The highest BCUT2D eigenvalue weighted by molar-refractivity contribution is 5.47. The van der Waals surface area contributed by atoms with E-state index in [4.69, 9.17) is 4.74 Å². The molecule has 3 aromatic rings. The molecule has 4 nitrogen and oxygen atoms in total. The molecule has 1 aliphatic rings. The van der Waals surface area contributed by atoms with Crippen molar-refractivity contribution in [2.45, 2.75) is 19.0 Å². The van der Waals surface area contributed by atoms with Gasteiger partial charge in [0.1, 0.15) is 11.5 Å². The summed E-state index contributed by atoms with van der Waals surface area (Å²) in [5.74, 6) is 1.48. The predicted molar refractivity (Wildman–Crippen MR) is 96.0 cm³/mol. The van der Waals surface area contributed by atoms with E-state index < -0.39 is 0 Å². The van der Waals surface area contributed by atoms with Crippen molar-refractivity contribution >= 4 is 0 Å². The third kappa shape index (κ3) is 3.30. The lowest BCUT2D eigenvalue weighted by molar-refractivity contribution is 0.399. The molecule has 0 aromatic heterocycles. The number of hydrogen-bond donors (Lipinski definition) is 3. The monoisotopic (exact) mass is 333 g/mol. The summed E-state index contributed by atoms with van der Waals surface area (Å²) in [6, 6.07) is 21.2. The van der Waals surface area contributed by atoms with Gasteiger partial charge in [-0.15, -0.1) is 0 Å². The van der Waals surface area contributed by atoms with Crippen LogP contribution in [0.15, 0.2) is 66.7 Å². The second kappa shape index (κ2) is 6.49. The molecule has 0 bridgehead atoms. The van der Waals surface area contributed by atoms with Crippen molar-refractivity contribution < 1.29 is 14.9 Å². The highest BCUT2D eigenvalue weighted by Crippen LogP contribution is 2.34. The molecule has 0 amide bonds. The average Bonchev–Trinajstić information content (AvgIpc) is 2.64. The fourth-order valence-electron chi connectivity index (χ4n) is 3.17. The van der Waals surface area contributed by atoms with Gasteiger partial charge in [0.15, 0.2) is 11.5 Å². The van der Waals surface area contributed by atoms with Gasteiger partial charge in [-0.1, -0.05) is 30.3 Å². The first-order chi connectivity index (χ1) is 12.2. The van der Waals surface area contributed by atoms with Crippen molar-refractivity contribution in [1.82, 2.24) is 5.32 Å². The highest BCUT2D eigenvalue weighted by Gasteiger charge is 2.21. The molecule has 1 heterocycles. The van der Waals surface area contributed by atoms with Gasteiger partial charge >= 0.3 is 0 Å². The van der Waals surface area contributed by atoms with Gasteiger partial charge in [-0.3, -0.25) is 0 Å². The molecule has 4 rings (SSSR count). The minimum absolute atomic E-state index is 0.0639. The number of phenolic OH excluding ortho intramolecular Hbond substituents is 2. The van der Waals surface area contributed by atoms with Gasteiger partial charge in [0.2, 0.25) is 0 Å². The Labute approximate surface area is 146 Å². The van der Waals surface area contributed by atoms with E-state index in [9.17, 15) is 10.2 Å². The standard InChI is InChI=1S/C21H19NO3/c23-20-11-15-10-19(22-13-16(15)12-21(20)24)14-6-8-18(9-7-14)25-17-4-2-1-3-5-17/h1-9,11-12,19,22-24H,10,13H2. The smallest absolute Gasteiger partial charge is 0.157 e. The highest BCUT2D eigenvalue weighted by atomic mass is 16.5.